The highest BCUT2D eigenvalue weighted by atomic mass is 16.1. The normalized spacial score (nSPS) is 11.8. The van der Waals surface area contributed by atoms with Gasteiger partial charge in [0.25, 0.3) is 0 Å². The van der Waals surface area contributed by atoms with Crippen molar-refractivity contribution in [1.82, 2.24) is 0 Å². The standard InChI is InChI=1S/C14H17NO/c1-3-13(10-15)14(16)9-8-12-6-4-11(2)5-7-12/h4-7,13H,3,8-9H2,1-2H3. The molecule has 1 aromatic carbocycles. The molecule has 0 N–H and O–H groups in total. The lowest BCUT2D eigenvalue weighted by Gasteiger charge is -2.05. The van der Waals surface area contributed by atoms with Crippen LogP contribution in [0.5, 0.6) is 0 Å². The number of carbonyl (C=O) groups excluding carboxylic acids is 1. The summed E-state index contributed by atoms with van der Waals surface area (Å²) >= 11 is 0. The second kappa shape index (κ2) is 6.07. The van der Waals surface area contributed by atoms with Gasteiger partial charge in [0.15, 0.2) is 0 Å². The van der Waals surface area contributed by atoms with Crippen molar-refractivity contribution in [3.05, 3.63) is 35.4 Å². The van der Waals surface area contributed by atoms with Crippen LogP contribution in [0.2, 0.25) is 0 Å². The summed E-state index contributed by atoms with van der Waals surface area (Å²) in [6.45, 7) is 3.91. The maximum Gasteiger partial charge on any atom is 0.150 e. The van der Waals surface area contributed by atoms with E-state index in [2.05, 4.69) is 0 Å². The molecule has 84 valence electrons. The van der Waals surface area contributed by atoms with Crippen molar-refractivity contribution in [2.75, 3.05) is 0 Å². The van der Waals surface area contributed by atoms with Crippen LogP contribution in [0.15, 0.2) is 24.3 Å². The molecule has 0 amide bonds. The molecule has 0 bridgehead atoms. The third kappa shape index (κ3) is 3.51. The van der Waals surface area contributed by atoms with E-state index < -0.39 is 5.92 Å². The second-order valence-corrected chi connectivity index (χ2v) is 4.04. The van der Waals surface area contributed by atoms with Crippen LogP contribution in [0.4, 0.5) is 0 Å². The molecule has 1 unspecified atom stereocenters. The first-order valence-electron chi connectivity index (χ1n) is 5.65. The Kier molecular flexibility index (Phi) is 4.72. The Balaban J connectivity index is 2.49. The second-order valence-electron chi connectivity index (χ2n) is 4.04. The molecule has 1 atom stereocenters. The third-order valence-electron chi connectivity index (χ3n) is 2.73. The largest absolute Gasteiger partial charge is 0.298 e. The molecule has 0 spiro atoms. The van der Waals surface area contributed by atoms with E-state index in [9.17, 15) is 4.79 Å². The quantitative estimate of drug-likeness (QED) is 0.757. The number of hydrogen-bond acceptors (Lipinski definition) is 2. The van der Waals surface area contributed by atoms with E-state index >= 15 is 0 Å². The number of nitriles is 1. The summed E-state index contributed by atoms with van der Waals surface area (Å²) in [5.41, 5.74) is 2.38. The monoisotopic (exact) mass is 215 g/mol. The Morgan fingerprint density at radius 3 is 2.50 bits per heavy atom. The van der Waals surface area contributed by atoms with Gasteiger partial charge >= 0.3 is 0 Å². The van der Waals surface area contributed by atoms with Crippen molar-refractivity contribution < 1.29 is 4.79 Å². The van der Waals surface area contributed by atoms with Gasteiger partial charge in [-0.05, 0) is 25.3 Å². The summed E-state index contributed by atoms with van der Waals surface area (Å²) in [7, 11) is 0. The van der Waals surface area contributed by atoms with Gasteiger partial charge in [-0.2, -0.15) is 5.26 Å². The van der Waals surface area contributed by atoms with Crippen molar-refractivity contribution in [2.24, 2.45) is 5.92 Å². The lowest BCUT2D eigenvalue weighted by Crippen LogP contribution is -2.12. The fourth-order valence-corrected chi connectivity index (χ4v) is 1.59. The summed E-state index contributed by atoms with van der Waals surface area (Å²) in [5, 5.41) is 8.76. The van der Waals surface area contributed by atoms with Gasteiger partial charge < -0.3 is 0 Å². The van der Waals surface area contributed by atoms with E-state index in [1.807, 2.05) is 44.2 Å². The molecule has 0 aliphatic rings. The van der Waals surface area contributed by atoms with Gasteiger partial charge in [0.1, 0.15) is 11.7 Å². The minimum Gasteiger partial charge on any atom is -0.298 e. The van der Waals surface area contributed by atoms with E-state index in [-0.39, 0.29) is 5.78 Å². The highest BCUT2D eigenvalue weighted by Gasteiger charge is 2.14. The smallest absolute Gasteiger partial charge is 0.150 e. The number of carbonyl (C=O) groups is 1. The summed E-state index contributed by atoms with van der Waals surface area (Å²) in [5.74, 6) is -0.365. The zero-order chi connectivity index (χ0) is 12.0. The van der Waals surface area contributed by atoms with Gasteiger partial charge in [-0.25, -0.2) is 0 Å². The predicted octanol–water partition coefficient (Wildman–Crippen LogP) is 3.05. The number of rotatable bonds is 5. The Labute approximate surface area is 96.9 Å². The number of aryl methyl sites for hydroxylation is 2. The van der Waals surface area contributed by atoms with Gasteiger partial charge in [-0.15, -0.1) is 0 Å². The predicted molar refractivity (Wildman–Crippen MR) is 63.9 cm³/mol. The van der Waals surface area contributed by atoms with Crippen LogP contribution >= 0.6 is 0 Å². The maximum absolute atomic E-state index is 11.6. The van der Waals surface area contributed by atoms with Gasteiger partial charge in [-0.1, -0.05) is 36.8 Å². The summed E-state index contributed by atoms with van der Waals surface area (Å²) in [4.78, 5) is 11.6. The molecule has 0 heterocycles. The van der Waals surface area contributed by atoms with Gasteiger partial charge in [0.2, 0.25) is 0 Å². The SMILES string of the molecule is CCC(C#N)C(=O)CCc1ccc(C)cc1. The van der Waals surface area contributed by atoms with Crippen molar-refractivity contribution in [1.29, 1.82) is 5.26 Å². The minimum absolute atomic E-state index is 0.0607. The first kappa shape index (κ1) is 12.4. The van der Waals surface area contributed by atoms with E-state index in [4.69, 9.17) is 5.26 Å². The third-order valence-corrected chi connectivity index (χ3v) is 2.73. The van der Waals surface area contributed by atoms with Crippen molar-refractivity contribution in [2.45, 2.75) is 33.1 Å². The van der Waals surface area contributed by atoms with E-state index in [0.717, 1.165) is 12.0 Å². The zero-order valence-electron chi connectivity index (χ0n) is 9.86. The number of ketones is 1. The number of Topliss-reactive ketones (excluding diaryl/α,β-unsaturated/α-hetero) is 1. The molecule has 0 aliphatic heterocycles. The molecule has 16 heavy (non-hydrogen) atoms. The molecular formula is C14H17NO. The molecular weight excluding hydrogens is 198 g/mol. The fraction of sp³-hybridized carbons (Fsp3) is 0.429. The lowest BCUT2D eigenvalue weighted by molar-refractivity contribution is -0.121. The number of hydrogen-bond donors (Lipinski definition) is 0. The number of benzene rings is 1. The first-order valence-corrected chi connectivity index (χ1v) is 5.65. The van der Waals surface area contributed by atoms with Crippen LogP contribution in [-0.2, 0) is 11.2 Å². The number of nitrogens with zero attached hydrogens (tertiary/aromatic N) is 1. The lowest BCUT2D eigenvalue weighted by atomic mass is 9.97. The van der Waals surface area contributed by atoms with Crippen molar-refractivity contribution in [3.63, 3.8) is 0 Å². The molecule has 2 heteroatoms. The average molecular weight is 215 g/mol. The average Bonchev–Trinajstić information content (AvgIpc) is 2.30. The fourth-order valence-electron chi connectivity index (χ4n) is 1.59. The highest BCUT2D eigenvalue weighted by molar-refractivity contribution is 5.83. The van der Waals surface area contributed by atoms with Crippen LogP contribution < -0.4 is 0 Å². The summed E-state index contributed by atoms with van der Waals surface area (Å²) in [6, 6.07) is 10.2. The molecule has 0 aliphatic carbocycles. The van der Waals surface area contributed by atoms with Gasteiger partial charge in [-0.3, -0.25) is 4.79 Å². The van der Waals surface area contributed by atoms with Crippen LogP contribution in [0, 0.1) is 24.2 Å². The Hall–Kier alpha value is -1.62. The molecule has 0 aromatic heterocycles. The minimum atomic E-state index is -0.426. The molecule has 1 aromatic rings. The Morgan fingerprint density at radius 2 is 2.00 bits per heavy atom. The van der Waals surface area contributed by atoms with Crippen LogP contribution in [0.1, 0.15) is 30.9 Å². The van der Waals surface area contributed by atoms with E-state index in [1.54, 1.807) is 0 Å². The molecule has 0 radical (unpaired) electrons. The molecule has 0 saturated carbocycles. The van der Waals surface area contributed by atoms with E-state index in [1.165, 1.54) is 5.56 Å². The molecule has 1 rings (SSSR count). The zero-order valence-corrected chi connectivity index (χ0v) is 9.86. The highest BCUT2D eigenvalue weighted by Crippen LogP contribution is 2.10. The van der Waals surface area contributed by atoms with Crippen LogP contribution in [0.3, 0.4) is 0 Å². The van der Waals surface area contributed by atoms with Crippen molar-refractivity contribution >= 4 is 5.78 Å². The molecule has 0 fully saturated rings. The van der Waals surface area contributed by atoms with Crippen LogP contribution in [0.25, 0.3) is 0 Å². The Bertz CT molecular complexity index is 386. The van der Waals surface area contributed by atoms with Crippen molar-refractivity contribution in [3.8, 4) is 6.07 Å². The van der Waals surface area contributed by atoms with Crippen LogP contribution in [-0.4, -0.2) is 5.78 Å². The summed E-state index contributed by atoms with van der Waals surface area (Å²) in [6.07, 6.45) is 1.82. The maximum atomic E-state index is 11.6. The van der Waals surface area contributed by atoms with Gasteiger partial charge in [0.05, 0.1) is 6.07 Å². The first-order chi connectivity index (χ1) is 7.67. The van der Waals surface area contributed by atoms with Gasteiger partial charge in [0, 0.05) is 6.42 Å². The van der Waals surface area contributed by atoms with E-state index in [0.29, 0.717) is 12.8 Å². The summed E-state index contributed by atoms with van der Waals surface area (Å²) < 4.78 is 0. The topological polar surface area (TPSA) is 40.9 Å². The molecule has 0 saturated heterocycles. The Morgan fingerprint density at radius 1 is 1.38 bits per heavy atom. The molecule has 2 nitrogen and oxygen atoms in total.